The number of carbonyl (C=O) groups is 1. The van der Waals surface area contributed by atoms with E-state index in [1.54, 1.807) is 12.1 Å². The molecular weight excluding hydrogens is 278 g/mol. The first kappa shape index (κ1) is 16.9. The van der Waals surface area contributed by atoms with Crippen molar-refractivity contribution in [1.29, 1.82) is 0 Å². The van der Waals surface area contributed by atoms with Crippen molar-refractivity contribution >= 4 is 34.0 Å². The SMILES string of the molecule is CC(=O)Nc1cccc(S(=O)(=O)NCCN)c1.Cl. The van der Waals surface area contributed by atoms with Gasteiger partial charge >= 0.3 is 0 Å². The maximum Gasteiger partial charge on any atom is 0.240 e. The van der Waals surface area contributed by atoms with Crippen molar-refractivity contribution in [2.45, 2.75) is 11.8 Å². The van der Waals surface area contributed by atoms with Crippen LogP contribution in [0.2, 0.25) is 0 Å². The first-order valence-corrected chi connectivity index (χ1v) is 6.51. The minimum atomic E-state index is -3.56. The molecule has 6 nitrogen and oxygen atoms in total. The Balaban J connectivity index is 0.00000289. The molecule has 0 heterocycles. The maximum atomic E-state index is 11.7. The molecule has 1 aromatic rings. The third-order valence-corrected chi connectivity index (χ3v) is 3.36. The lowest BCUT2D eigenvalue weighted by molar-refractivity contribution is -0.114. The fourth-order valence-corrected chi connectivity index (χ4v) is 2.31. The number of nitrogens with two attached hydrogens (primary N) is 1. The van der Waals surface area contributed by atoms with Crippen molar-refractivity contribution in [2.75, 3.05) is 18.4 Å². The number of benzene rings is 1. The van der Waals surface area contributed by atoms with Gasteiger partial charge < -0.3 is 11.1 Å². The minimum absolute atomic E-state index is 0. The molecule has 18 heavy (non-hydrogen) atoms. The van der Waals surface area contributed by atoms with Crippen LogP contribution in [0.4, 0.5) is 5.69 Å². The predicted molar refractivity (Wildman–Crippen MR) is 72.2 cm³/mol. The number of amides is 1. The van der Waals surface area contributed by atoms with E-state index in [0.717, 1.165) is 0 Å². The Bertz CT molecular complexity index is 505. The first-order chi connectivity index (χ1) is 7.95. The lowest BCUT2D eigenvalue weighted by Gasteiger charge is -2.07. The molecule has 0 saturated carbocycles. The molecule has 0 bridgehead atoms. The molecule has 1 rings (SSSR count). The lowest BCUT2D eigenvalue weighted by Crippen LogP contribution is -2.29. The topological polar surface area (TPSA) is 101 Å². The zero-order valence-corrected chi connectivity index (χ0v) is 11.5. The second-order valence-corrected chi connectivity index (χ2v) is 5.16. The van der Waals surface area contributed by atoms with Crippen LogP contribution >= 0.6 is 12.4 Å². The molecule has 0 fully saturated rings. The molecule has 0 spiro atoms. The van der Waals surface area contributed by atoms with E-state index in [1.165, 1.54) is 19.1 Å². The van der Waals surface area contributed by atoms with Gasteiger partial charge in [0, 0.05) is 25.7 Å². The second-order valence-electron chi connectivity index (χ2n) is 3.40. The zero-order valence-electron chi connectivity index (χ0n) is 9.84. The highest BCUT2D eigenvalue weighted by atomic mass is 35.5. The van der Waals surface area contributed by atoms with Gasteiger partial charge in [-0.15, -0.1) is 12.4 Å². The maximum absolute atomic E-state index is 11.7. The Morgan fingerprint density at radius 2 is 2.06 bits per heavy atom. The number of hydrogen-bond donors (Lipinski definition) is 3. The molecule has 1 amide bonds. The first-order valence-electron chi connectivity index (χ1n) is 5.03. The van der Waals surface area contributed by atoms with Crippen LogP contribution in [0.3, 0.4) is 0 Å². The van der Waals surface area contributed by atoms with E-state index in [2.05, 4.69) is 10.0 Å². The summed E-state index contributed by atoms with van der Waals surface area (Å²) < 4.78 is 25.8. The predicted octanol–water partition coefficient (Wildman–Crippen LogP) is 0.304. The summed E-state index contributed by atoms with van der Waals surface area (Å²) in [5.41, 5.74) is 5.66. The van der Waals surface area contributed by atoms with Crippen molar-refractivity contribution in [3.63, 3.8) is 0 Å². The van der Waals surface area contributed by atoms with Gasteiger partial charge in [-0.3, -0.25) is 4.79 Å². The summed E-state index contributed by atoms with van der Waals surface area (Å²) in [5, 5.41) is 2.52. The molecule has 0 radical (unpaired) electrons. The normalized spacial score (nSPS) is 10.6. The van der Waals surface area contributed by atoms with Crippen LogP contribution < -0.4 is 15.8 Å². The summed E-state index contributed by atoms with van der Waals surface area (Å²) >= 11 is 0. The summed E-state index contributed by atoms with van der Waals surface area (Å²) in [6, 6.07) is 6.01. The fraction of sp³-hybridized carbons (Fsp3) is 0.300. The number of hydrogen-bond acceptors (Lipinski definition) is 4. The smallest absolute Gasteiger partial charge is 0.240 e. The highest BCUT2D eigenvalue weighted by molar-refractivity contribution is 7.89. The van der Waals surface area contributed by atoms with Gasteiger partial charge in [-0.2, -0.15) is 0 Å². The molecule has 4 N–H and O–H groups in total. The molecule has 8 heteroatoms. The molecule has 0 aliphatic carbocycles. The van der Waals surface area contributed by atoms with Crippen molar-refractivity contribution < 1.29 is 13.2 Å². The van der Waals surface area contributed by atoms with Crippen molar-refractivity contribution in [2.24, 2.45) is 5.73 Å². The van der Waals surface area contributed by atoms with Crippen molar-refractivity contribution in [1.82, 2.24) is 4.72 Å². The molecule has 0 unspecified atom stereocenters. The van der Waals surface area contributed by atoms with Gasteiger partial charge in [-0.1, -0.05) is 6.07 Å². The summed E-state index contributed by atoms with van der Waals surface area (Å²) in [6.45, 7) is 1.76. The van der Waals surface area contributed by atoms with Gasteiger partial charge in [0.05, 0.1) is 4.90 Å². The van der Waals surface area contributed by atoms with Crippen LogP contribution in [0, 0.1) is 0 Å². The van der Waals surface area contributed by atoms with Crippen LogP contribution in [0.1, 0.15) is 6.92 Å². The molecule has 102 valence electrons. The summed E-state index contributed by atoms with van der Waals surface area (Å²) in [6.07, 6.45) is 0. The molecule has 0 aliphatic heterocycles. The Kier molecular flexibility index (Phi) is 6.85. The third-order valence-electron chi connectivity index (χ3n) is 1.90. The fourth-order valence-electron chi connectivity index (χ4n) is 1.22. The van der Waals surface area contributed by atoms with Gasteiger partial charge in [0.15, 0.2) is 0 Å². The average molecular weight is 294 g/mol. The van der Waals surface area contributed by atoms with Gasteiger partial charge in [0.2, 0.25) is 15.9 Å². The number of anilines is 1. The van der Waals surface area contributed by atoms with Gasteiger partial charge in [-0.25, -0.2) is 13.1 Å². The Hall–Kier alpha value is -1.15. The summed E-state index contributed by atoms with van der Waals surface area (Å²) in [4.78, 5) is 10.9. The molecule has 0 saturated heterocycles. The van der Waals surface area contributed by atoms with Crippen LogP contribution in [0.5, 0.6) is 0 Å². The number of carbonyl (C=O) groups excluding carboxylic acids is 1. The number of halogens is 1. The highest BCUT2D eigenvalue weighted by Gasteiger charge is 2.13. The van der Waals surface area contributed by atoms with E-state index >= 15 is 0 Å². The van der Waals surface area contributed by atoms with Gasteiger partial charge in [0.1, 0.15) is 0 Å². The second kappa shape index (κ2) is 7.32. The Labute approximate surface area is 112 Å². The van der Waals surface area contributed by atoms with Crippen LogP contribution in [0.15, 0.2) is 29.2 Å². The lowest BCUT2D eigenvalue weighted by atomic mass is 10.3. The molecule has 0 aliphatic rings. The van der Waals surface area contributed by atoms with E-state index in [1.807, 2.05) is 0 Å². The van der Waals surface area contributed by atoms with Crippen LogP contribution in [0.25, 0.3) is 0 Å². The number of nitrogens with one attached hydrogen (secondary N) is 2. The highest BCUT2D eigenvalue weighted by Crippen LogP contribution is 2.14. The van der Waals surface area contributed by atoms with Gasteiger partial charge in [0.25, 0.3) is 0 Å². The monoisotopic (exact) mass is 293 g/mol. The molecule has 0 aromatic heterocycles. The largest absolute Gasteiger partial charge is 0.329 e. The van der Waals surface area contributed by atoms with E-state index in [-0.39, 0.29) is 36.3 Å². The third kappa shape index (κ3) is 5.01. The minimum Gasteiger partial charge on any atom is -0.329 e. The van der Waals surface area contributed by atoms with Crippen LogP contribution in [-0.2, 0) is 14.8 Å². The van der Waals surface area contributed by atoms with E-state index in [9.17, 15) is 13.2 Å². The van der Waals surface area contributed by atoms with E-state index < -0.39 is 10.0 Å². The summed E-state index contributed by atoms with van der Waals surface area (Å²) in [5.74, 6) is -0.255. The molecule has 1 aromatic carbocycles. The van der Waals surface area contributed by atoms with E-state index in [0.29, 0.717) is 5.69 Å². The summed E-state index contributed by atoms with van der Waals surface area (Å²) in [7, 11) is -3.56. The number of sulfonamides is 1. The van der Waals surface area contributed by atoms with Crippen molar-refractivity contribution in [3.8, 4) is 0 Å². The van der Waals surface area contributed by atoms with E-state index in [4.69, 9.17) is 5.73 Å². The van der Waals surface area contributed by atoms with Crippen LogP contribution in [-0.4, -0.2) is 27.4 Å². The van der Waals surface area contributed by atoms with Crippen molar-refractivity contribution in [3.05, 3.63) is 24.3 Å². The zero-order chi connectivity index (χ0) is 12.9. The van der Waals surface area contributed by atoms with Gasteiger partial charge in [-0.05, 0) is 18.2 Å². The quantitative estimate of drug-likeness (QED) is 0.727. The molecular formula is C10H16ClN3O3S. The number of rotatable bonds is 5. The molecule has 0 atom stereocenters. The standard InChI is InChI=1S/C10H15N3O3S.ClH/c1-8(14)13-9-3-2-4-10(7-9)17(15,16)12-6-5-11;/h2-4,7,12H,5-6,11H2,1H3,(H,13,14);1H. The average Bonchev–Trinajstić information content (AvgIpc) is 2.26. The Morgan fingerprint density at radius 1 is 1.39 bits per heavy atom. The Morgan fingerprint density at radius 3 is 2.61 bits per heavy atom.